The molecule has 1 aliphatic heterocycles. The average Bonchev–Trinajstić information content (AvgIpc) is 2.53. The first-order chi connectivity index (χ1) is 10.4. The molecule has 3 atom stereocenters. The number of benzene rings is 2. The number of hydrogen-bond donors (Lipinski definition) is 0. The molecular formula is C16H10ClF3OS. The lowest BCUT2D eigenvalue weighted by atomic mass is 9.87. The Bertz CT molecular complexity index is 722. The summed E-state index contributed by atoms with van der Waals surface area (Å²) in [7, 11) is 0. The Morgan fingerprint density at radius 1 is 1.14 bits per heavy atom. The molecule has 1 nitrogen and oxygen atoms in total. The topological polar surface area (TPSA) is 17.1 Å². The fraction of sp³-hybridized carbons (Fsp3) is 0.188. The van der Waals surface area contributed by atoms with E-state index in [9.17, 15) is 13.6 Å². The van der Waals surface area contributed by atoms with E-state index in [1.807, 2.05) is 0 Å². The maximum atomic E-state index is 15.1. The van der Waals surface area contributed by atoms with E-state index in [2.05, 4.69) is 0 Å². The molecular weight excluding hydrogens is 333 g/mol. The predicted octanol–water partition coefficient (Wildman–Crippen LogP) is 5.34. The maximum Gasteiger partial charge on any atom is 0.248 e. The van der Waals surface area contributed by atoms with Crippen molar-refractivity contribution in [2.45, 2.75) is 22.2 Å². The Hall–Kier alpha value is -1.46. The third kappa shape index (κ3) is 2.32. The number of carbonyl (C=O) groups excluding carboxylic acids is 1. The zero-order valence-corrected chi connectivity index (χ0v) is 12.7. The van der Waals surface area contributed by atoms with Crippen molar-refractivity contribution in [3.8, 4) is 0 Å². The molecule has 0 spiro atoms. The van der Waals surface area contributed by atoms with E-state index in [0.717, 1.165) is 0 Å². The van der Waals surface area contributed by atoms with Crippen molar-refractivity contribution in [3.63, 3.8) is 0 Å². The van der Waals surface area contributed by atoms with Crippen LogP contribution >= 0.6 is 23.4 Å². The van der Waals surface area contributed by atoms with Crippen LogP contribution in [0.5, 0.6) is 0 Å². The number of ketones is 1. The largest absolute Gasteiger partial charge is 0.290 e. The number of halogens is 4. The maximum absolute atomic E-state index is 15.1. The van der Waals surface area contributed by atoms with E-state index in [1.165, 1.54) is 42.5 Å². The van der Waals surface area contributed by atoms with Crippen LogP contribution in [0, 0.1) is 0 Å². The van der Waals surface area contributed by atoms with Crippen molar-refractivity contribution in [1.29, 1.82) is 0 Å². The summed E-state index contributed by atoms with van der Waals surface area (Å²) in [6, 6.07) is 11.3. The van der Waals surface area contributed by atoms with Crippen LogP contribution in [0.25, 0.3) is 0 Å². The first-order valence-corrected chi connectivity index (χ1v) is 7.73. The summed E-state index contributed by atoms with van der Waals surface area (Å²) in [5.74, 6) is -1.17. The van der Waals surface area contributed by atoms with E-state index in [0.29, 0.717) is 21.7 Å². The van der Waals surface area contributed by atoms with Gasteiger partial charge in [0.05, 0.1) is 0 Å². The summed E-state index contributed by atoms with van der Waals surface area (Å²) in [5, 5.41) is 0.343. The highest BCUT2D eigenvalue weighted by Crippen LogP contribution is 2.50. The Balaban J connectivity index is 2.04. The van der Waals surface area contributed by atoms with Gasteiger partial charge < -0.3 is 0 Å². The number of thioether (sulfide) groups is 1. The monoisotopic (exact) mass is 342 g/mol. The molecule has 0 N–H and O–H groups in total. The van der Waals surface area contributed by atoms with Crippen molar-refractivity contribution in [2.75, 3.05) is 0 Å². The van der Waals surface area contributed by atoms with Gasteiger partial charge in [-0.15, -0.1) is 0 Å². The van der Waals surface area contributed by atoms with E-state index in [-0.39, 0.29) is 11.1 Å². The molecule has 2 aromatic rings. The summed E-state index contributed by atoms with van der Waals surface area (Å²) in [4.78, 5) is 12.7. The van der Waals surface area contributed by atoms with E-state index < -0.39 is 23.1 Å². The molecule has 1 aliphatic rings. The minimum absolute atomic E-state index is 0.000475. The molecule has 114 valence electrons. The molecule has 0 bridgehead atoms. The fourth-order valence-electron chi connectivity index (χ4n) is 2.37. The van der Waals surface area contributed by atoms with Gasteiger partial charge in [-0.05, 0) is 23.8 Å². The van der Waals surface area contributed by atoms with Gasteiger partial charge in [0.1, 0.15) is 0 Å². The van der Waals surface area contributed by atoms with Crippen LogP contribution in [-0.2, 0) is 0 Å². The summed E-state index contributed by atoms with van der Waals surface area (Å²) in [6.07, 6.45) is -2.41. The van der Waals surface area contributed by atoms with Gasteiger partial charge in [0.15, 0.2) is 11.7 Å². The van der Waals surface area contributed by atoms with Gasteiger partial charge in [0.25, 0.3) is 0 Å². The third-order valence-electron chi connectivity index (χ3n) is 3.57. The molecule has 2 aromatic carbocycles. The van der Waals surface area contributed by atoms with Crippen LogP contribution < -0.4 is 0 Å². The van der Waals surface area contributed by atoms with E-state index >= 15 is 4.39 Å². The first-order valence-electron chi connectivity index (χ1n) is 6.47. The van der Waals surface area contributed by atoms with Gasteiger partial charge in [-0.25, -0.2) is 13.2 Å². The molecule has 3 unspecified atom stereocenters. The Morgan fingerprint density at radius 3 is 2.45 bits per heavy atom. The van der Waals surface area contributed by atoms with Crippen molar-refractivity contribution in [1.82, 2.24) is 0 Å². The molecule has 0 fully saturated rings. The molecule has 0 aromatic heterocycles. The van der Waals surface area contributed by atoms with E-state index in [1.54, 1.807) is 6.07 Å². The number of carbonyl (C=O) groups is 1. The van der Waals surface area contributed by atoms with Crippen molar-refractivity contribution < 1.29 is 18.0 Å². The van der Waals surface area contributed by atoms with Gasteiger partial charge in [-0.1, -0.05) is 53.7 Å². The van der Waals surface area contributed by atoms with Crippen LogP contribution in [0.4, 0.5) is 13.2 Å². The number of alkyl halides is 3. The van der Waals surface area contributed by atoms with Gasteiger partial charge in [-0.3, -0.25) is 4.79 Å². The zero-order valence-electron chi connectivity index (χ0n) is 11.1. The van der Waals surface area contributed by atoms with Gasteiger partial charge >= 0.3 is 0 Å². The lowest BCUT2D eigenvalue weighted by Gasteiger charge is -2.34. The lowest BCUT2D eigenvalue weighted by Crippen LogP contribution is -2.48. The quantitative estimate of drug-likeness (QED) is 0.732. The van der Waals surface area contributed by atoms with E-state index in [4.69, 9.17) is 11.6 Å². The van der Waals surface area contributed by atoms with Crippen LogP contribution in [-0.4, -0.2) is 17.0 Å². The van der Waals surface area contributed by atoms with Gasteiger partial charge in [0.2, 0.25) is 11.5 Å². The normalized spacial score (nSPS) is 25.6. The minimum Gasteiger partial charge on any atom is -0.290 e. The summed E-state index contributed by atoms with van der Waals surface area (Å²) >= 11 is 6.22. The van der Waals surface area contributed by atoms with Crippen LogP contribution in [0.15, 0.2) is 53.4 Å². The third-order valence-corrected chi connectivity index (χ3v) is 4.98. The van der Waals surface area contributed by atoms with Crippen LogP contribution in [0.3, 0.4) is 0 Å². The van der Waals surface area contributed by atoms with Crippen LogP contribution in [0.2, 0.25) is 5.02 Å². The lowest BCUT2D eigenvalue weighted by molar-refractivity contribution is 0.0140. The number of Topliss-reactive ketones (excluding diaryl/α,β-unsaturated/α-hetero) is 1. The SMILES string of the molecule is O=C1c2ccccc2SC(F)C1(F)C(F)c1ccc(Cl)cc1. The zero-order chi connectivity index (χ0) is 15.9. The Morgan fingerprint density at radius 2 is 1.77 bits per heavy atom. The standard InChI is InChI=1S/C16H10ClF3OS/c17-10-7-5-9(6-8-10)13(18)16(20)14(21)11-3-1-2-4-12(11)22-15(16)19/h1-8,13,15H. The Kier molecular flexibility index (Phi) is 3.95. The highest BCUT2D eigenvalue weighted by molar-refractivity contribution is 8.00. The van der Waals surface area contributed by atoms with Gasteiger partial charge in [0, 0.05) is 15.5 Å². The Labute approximate surface area is 134 Å². The second-order valence-corrected chi connectivity index (χ2v) is 6.47. The molecule has 3 rings (SSSR count). The van der Waals surface area contributed by atoms with Gasteiger partial charge in [-0.2, -0.15) is 0 Å². The molecule has 0 saturated carbocycles. The predicted molar refractivity (Wildman–Crippen MR) is 80.7 cm³/mol. The van der Waals surface area contributed by atoms with Crippen molar-refractivity contribution >= 4 is 29.1 Å². The molecule has 22 heavy (non-hydrogen) atoms. The number of hydrogen-bond acceptors (Lipinski definition) is 2. The molecule has 0 amide bonds. The summed E-state index contributed by atoms with van der Waals surface area (Å²) < 4.78 is 44.0. The fourth-order valence-corrected chi connectivity index (χ4v) is 3.56. The van der Waals surface area contributed by atoms with Crippen molar-refractivity contribution in [2.24, 2.45) is 0 Å². The summed E-state index contributed by atoms with van der Waals surface area (Å²) in [6.45, 7) is 0. The average molecular weight is 343 g/mol. The highest BCUT2D eigenvalue weighted by Gasteiger charge is 2.58. The smallest absolute Gasteiger partial charge is 0.248 e. The second-order valence-electron chi connectivity index (χ2n) is 4.94. The molecule has 6 heteroatoms. The first kappa shape index (κ1) is 15.4. The second kappa shape index (κ2) is 5.63. The highest BCUT2D eigenvalue weighted by atomic mass is 35.5. The number of rotatable bonds is 2. The van der Waals surface area contributed by atoms with Crippen LogP contribution in [0.1, 0.15) is 22.1 Å². The molecule has 0 aliphatic carbocycles. The summed E-state index contributed by atoms with van der Waals surface area (Å²) in [5.41, 5.74) is -5.70. The van der Waals surface area contributed by atoms with Crippen molar-refractivity contribution in [3.05, 3.63) is 64.7 Å². The number of fused-ring (bicyclic) bond motifs is 1. The molecule has 0 radical (unpaired) electrons. The minimum atomic E-state index is -3.26. The molecule has 0 saturated heterocycles. The molecule has 1 heterocycles.